The van der Waals surface area contributed by atoms with Gasteiger partial charge in [-0.25, -0.2) is 4.98 Å². The summed E-state index contributed by atoms with van der Waals surface area (Å²) in [4.78, 5) is 4.41. The Kier molecular flexibility index (Phi) is 3.82. The highest BCUT2D eigenvalue weighted by atomic mass is 35.5. The van der Waals surface area contributed by atoms with Crippen LogP contribution < -0.4 is 5.73 Å². The molecule has 3 nitrogen and oxygen atoms in total. The molecule has 1 aromatic heterocycles. The maximum atomic E-state index is 5.98. The topological polar surface area (TPSA) is 43.8 Å². The fourth-order valence-electron chi connectivity index (χ4n) is 1.92. The van der Waals surface area contributed by atoms with Crippen LogP contribution in [0.1, 0.15) is 18.9 Å². The molecule has 0 bridgehead atoms. The number of aromatic nitrogens is 2. The van der Waals surface area contributed by atoms with Gasteiger partial charge in [-0.2, -0.15) is 0 Å². The first-order chi connectivity index (χ1) is 8.26. The number of halogens is 1. The van der Waals surface area contributed by atoms with Crippen molar-refractivity contribution in [3.63, 3.8) is 0 Å². The Morgan fingerprint density at radius 3 is 2.94 bits per heavy atom. The molecule has 1 heterocycles. The molecule has 0 aliphatic rings. The van der Waals surface area contributed by atoms with Crippen LogP contribution in [0.5, 0.6) is 0 Å². The minimum Gasteiger partial charge on any atom is -0.331 e. The largest absolute Gasteiger partial charge is 0.331 e. The third-order valence-electron chi connectivity index (χ3n) is 2.71. The van der Waals surface area contributed by atoms with Crippen LogP contribution in [0.3, 0.4) is 0 Å². The molecule has 0 aliphatic carbocycles. The summed E-state index contributed by atoms with van der Waals surface area (Å²) in [6.45, 7) is 3.58. The van der Waals surface area contributed by atoms with Gasteiger partial charge in [0.15, 0.2) is 0 Å². The highest BCUT2D eigenvalue weighted by Gasteiger charge is 2.10. The molecule has 0 radical (unpaired) electrons. The molecule has 17 heavy (non-hydrogen) atoms. The van der Waals surface area contributed by atoms with E-state index in [-0.39, 0.29) is 0 Å². The van der Waals surface area contributed by atoms with Crippen LogP contribution in [0.2, 0.25) is 5.02 Å². The Bertz CT molecular complexity index is 505. The monoisotopic (exact) mass is 249 g/mol. The van der Waals surface area contributed by atoms with E-state index in [1.54, 1.807) is 0 Å². The SMILES string of the molecule is CCCn1ccnc1-c1ccc(Cl)cc1CN. The number of imidazole rings is 1. The second kappa shape index (κ2) is 5.34. The summed E-state index contributed by atoms with van der Waals surface area (Å²) in [6.07, 6.45) is 4.89. The molecule has 2 N–H and O–H groups in total. The van der Waals surface area contributed by atoms with Crippen molar-refractivity contribution in [3.05, 3.63) is 41.2 Å². The van der Waals surface area contributed by atoms with E-state index < -0.39 is 0 Å². The van der Waals surface area contributed by atoms with Crippen molar-refractivity contribution < 1.29 is 0 Å². The molecule has 0 spiro atoms. The highest BCUT2D eigenvalue weighted by molar-refractivity contribution is 6.30. The lowest BCUT2D eigenvalue weighted by molar-refractivity contribution is 0.685. The van der Waals surface area contributed by atoms with Crippen LogP contribution >= 0.6 is 11.6 Å². The van der Waals surface area contributed by atoms with E-state index in [9.17, 15) is 0 Å². The number of aryl methyl sites for hydroxylation is 1. The molecule has 0 unspecified atom stereocenters. The van der Waals surface area contributed by atoms with Gasteiger partial charge in [-0.15, -0.1) is 0 Å². The lowest BCUT2D eigenvalue weighted by Gasteiger charge is -2.10. The lowest BCUT2D eigenvalue weighted by atomic mass is 10.1. The van der Waals surface area contributed by atoms with Crippen molar-refractivity contribution in [1.82, 2.24) is 9.55 Å². The zero-order valence-electron chi connectivity index (χ0n) is 9.86. The molecule has 0 fully saturated rings. The van der Waals surface area contributed by atoms with Gasteiger partial charge < -0.3 is 10.3 Å². The van der Waals surface area contributed by atoms with Gasteiger partial charge in [-0.3, -0.25) is 0 Å². The first kappa shape index (κ1) is 12.1. The molecule has 90 valence electrons. The maximum Gasteiger partial charge on any atom is 0.140 e. The second-order valence-electron chi connectivity index (χ2n) is 3.95. The minimum atomic E-state index is 0.467. The van der Waals surface area contributed by atoms with E-state index in [2.05, 4.69) is 16.5 Å². The van der Waals surface area contributed by atoms with Crippen LogP contribution in [0.4, 0.5) is 0 Å². The molecule has 2 aromatic rings. The van der Waals surface area contributed by atoms with Crippen molar-refractivity contribution in [2.24, 2.45) is 5.73 Å². The molecule has 2 rings (SSSR count). The third-order valence-corrected chi connectivity index (χ3v) is 2.94. The quantitative estimate of drug-likeness (QED) is 0.905. The fraction of sp³-hybridized carbons (Fsp3) is 0.308. The number of nitrogens with zero attached hydrogens (tertiary/aromatic N) is 2. The predicted octanol–water partition coefficient (Wildman–Crippen LogP) is 3.07. The molecule has 0 aliphatic heterocycles. The van der Waals surface area contributed by atoms with Gasteiger partial charge >= 0.3 is 0 Å². The van der Waals surface area contributed by atoms with E-state index in [1.807, 2.05) is 30.6 Å². The molecule has 0 amide bonds. The summed E-state index contributed by atoms with van der Waals surface area (Å²) in [5, 5.41) is 0.711. The average molecular weight is 250 g/mol. The second-order valence-corrected chi connectivity index (χ2v) is 4.39. The number of benzene rings is 1. The Hall–Kier alpha value is -1.32. The van der Waals surface area contributed by atoms with Gasteiger partial charge in [0.05, 0.1) is 0 Å². The zero-order chi connectivity index (χ0) is 12.3. The molecule has 1 aromatic carbocycles. The van der Waals surface area contributed by atoms with E-state index in [1.165, 1.54) is 0 Å². The van der Waals surface area contributed by atoms with Gasteiger partial charge in [0.1, 0.15) is 5.82 Å². The summed E-state index contributed by atoms with van der Waals surface area (Å²) in [5.74, 6) is 0.962. The fourth-order valence-corrected chi connectivity index (χ4v) is 2.12. The summed E-state index contributed by atoms with van der Waals surface area (Å²) >= 11 is 5.98. The molecular formula is C13H16ClN3. The van der Waals surface area contributed by atoms with Crippen LogP contribution in [0.15, 0.2) is 30.6 Å². The number of nitrogens with two attached hydrogens (primary N) is 1. The van der Waals surface area contributed by atoms with Crippen LogP contribution in [0.25, 0.3) is 11.4 Å². The van der Waals surface area contributed by atoms with Gasteiger partial charge in [0.25, 0.3) is 0 Å². The maximum absolute atomic E-state index is 5.98. The Morgan fingerprint density at radius 2 is 2.24 bits per heavy atom. The van der Waals surface area contributed by atoms with Crippen molar-refractivity contribution in [1.29, 1.82) is 0 Å². The van der Waals surface area contributed by atoms with Crippen LogP contribution in [-0.4, -0.2) is 9.55 Å². The first-order valence-corrected chi connectivity index (χ1v) is 6.14. The van der Waals surface area contributed by atoms with E-state index in [0.29, 0.717) is 11.6 Å². The van der Waals surface area contributed by atoms with Gasteiger partial charge in [0.2, 0.25) is 0 Å². The van der Waals surface area contributed by atoms with E-state index >= 15 is 0 Å². The zero-order valence-corrected chi connectivity index (χ0v) is 10.6. The van der Waals surface area contributed by atoms with Crippen molar-refractivity contribution in [2.45, 2.75) is 26.4 Å². The predicted molar refractivity (Wildman–Crippen MR) is 70.9 cm³/mol. The normalized spacial score (nSPS) is 10.8. The van der Waals surface area contributed by atoms with Crippen molar-refractivity contribution in [3.8, 4) is 11.4 Å². The average Bonchev–Trinajstić information content (AvgIpc) is 2.77. The smallest absolute Gasteiger partial charge is 0.140 e. The Balaban J connectivity index is 2.48. The molecule has 0 saturated carbocycles. The number of rotatable bonds is 4. The summed E-state index contributed by atoms with van der Waals surface area (Å²) in [6, 6.07) is 5.77. The number of hydrogen-bond donors (Lipinski definition) is 1. The van der Waals surface area contributed by atoms with Crippen molar-refractivity contribution >= 4 is 11.6 Å². The van der Waals surface area contributed by atoms with Crippen LogP contribution in [-0.2, 0) is 13.1 Å². The van der Waals surface area contributed by atoms with Crippen LogP contribution in [0, 0.1) is 0 Å². The Labute approximate surface area is 106 Å². The van der Waals surface area contributed by atoms with Gasteiger partial charge in [-0.05, 0) is 30.2 Å². The molecule has 4 heteroatoms. The number of hydrogen-bond acceptors (Lipinski definition) is 2. The summed E-state index contributed by atoms with van der Waals surface area (Å²) < 4.78 is 2.14. The molecule has 0 saturated heterocycles. The van der Waals surface area contributed by atoms with Gasteiger partial charge in [-0.1, -0.05) is 18.5 Å². The summed E-state index contributed by atoms with van der Waals surface area (Å²) in [5.41, 5.74) is 7.85. The Morgan fingerprint density at radius 1 is 1.41 bits per heavy atom. The first-order valence-electron chi connectivity index (χ1n) is 5.76. The van der Waals surface area contributed by atoms with Crippen molar-refractivity contribution in [2.75, 3.05) is 0 Å². The lowest BCUT2D eigenvalue weighted by Crippen LogP contribution is -2.04. The van der Waals surface area contributed by atoms with E-state index in [0.717, 1.165) is 29.9 Å². The van der Waals surface area contributed by atoms with E-state index in [4.69, 9.17) is 17.3 Å². The highest BCUT2D eigenvalue weighted by Crippen LogP contribution is 2.25. The summed E-state index contributed by atoms with van der Waals surface area (Å²) in [7, 11) is 0. The van der Waals surface area contributed by atoms with Gasteiger partial charge in [0, 0.05) is 36.1 Å². The third kappa shape index (κ3) is 2.51. The minimum absolute atomic E-state index is 0.467. The standard InChI is InChI=1S/C13H16ClN3/c1-2-6-17-7-5-16-13(17)12-4-3-11(14)8-10(12)9-15/h3-5,7-8H,2,6,9,15H2,1H3. The molecule has 0 atom stereocenters. The molecular weight excluding hydrogens is 234 g/mol.